The van der Waals surface area contributed by atoms with Crippen LogP contribution < -0.4 is 0 Å². The average molecular weight is 275 g/mol. The summed E-state index contributed by atoms with van der Waals surface area (Å²) >= 11 is 1.59. The largest absolute Gasteiger partial charge is 0.330 e. The number of benzene rings is 1. The first kappa shape index (κ1) is 13.5. The molecule has 1 amide bonds. The maximum absolute atomic E-state index is 13.2. The van der Waals surface area contributed by atoms with Gasteiger partial charge in [-0.1, -0.05) is 18.2 Å². The predicted molar refractivity (Wildman–Crippen MR) is 75.7 cm³/mol. The van der Waals surface area contributed by atoms with Crippen LogP contribution in [0.3, 0.4) is 0 Å². The molecule has 0 atom stereocenters. The highest BCUT2D eigenvalue weighted by Gasteiger charge is 2.15. The molecule has 2 nitrogen and oxygen atoms in total. The number of thiophene rings is 1. The number of nitrogens with zero attached hydrogens (tertiary/aromatic N) is 1. The Bertz CT molecular complexity index is 565. The first-order valence-corrected chi connectivity index (χ1v) is 6.77. The van der Waals surface area contributed by atoms with Crippen molar-refractivity contribution in [1.82, 2.24) is 4.90 Å². The summed E-state index contributed by atoms with van der Waals surface area (Å²) in [4.78, 5) is 15.1. The van der Waals surface area contributed by atoms with E-state index in [4.69, 9.17) is 0 Å². The van der Waals surface area contributed by atoms with Gasteiger partial charge in [0.1, 0.15) is 5.82 Å². The van der Waals surface area contributed by atoms with Crippen LogP contribution in [-0.2, 0) is 6.54 Å². The van der Waals surface area contributed by atoms with E-state index < -0.39 is 5.82 Å². The summed E-state index contributed by atoms with van der Waals surface area (Å²) in [5.41, 5.74) is 0.360. The van der Waals surface area contributed by atoms with Gasteiger partial charge in [-0.3, -0.25) is 4.79 Å². The lowest BCUT2D eigenvalue weighted by Gasteiger charge is -2.20. The average Bonchev–Trinajstić information content (AvgIpc) is 2.90. The Morgan fingerprint density at radius 2 is 2.21 bits per heavy atom. The third kappa shape index (κ3) is 3.51. The number of hydrogen-bond donors (Lipinski definition) is 0. The van der Waals surface area contributed by atoms with Crippen molar-refractivity contribution in [3.05, 3.63) is 70.7 Å². The number of carbonyl (C=O) groups excluding carboxylic acids is 1. The highest BCUT2D eigenvalue weighted by molar-refractivity contribution is 7.09. The molecule has 0 fully saturated rings. The summed E-state index contributed by atoms with van der Waals surface area (Å²) in [7, 11) is 0. The summed E-state index contributed by atoms with van der Waals surface area (Å²) in [5.74, 6) is -0.590. The van der Waals surface area contributed by atoms with Crippen LogP contribution in [-0.4, -0.2) is 17.4 Å². The molecular weight excluding hydrogens is 261 g/mol. The smallest absolute Gasteiger partial charge is 0.254 e. The van der Waals surface area contributed by atoms with Crippen molar-refractivity contribution in [3.63, 3.8) is 0 Å². The third-order valence-electron chi connectivity index (χ3n) is 2.64. The minimum atomic E-state index is -0.402. The van der Waals surface area contributed by atoms with Gasteiger partial charge in [0.05, 0.1) is 6.54 Å². The Hall–Kier alpha value is -1.94. The molecule has 0 unspecified atom stereocenters. The highest BCUT2D eigenvalue weighted by Crippen LogP contribution is 2.15. The van der Waals surface area contributed by atoms with Gasteiger partial charge in [0.2, 0.25) is 0 Å². The first-order chi connectivity index (χ1) is 9.20. The van der Waals surface area contributed by atoms with Gasteiger partial charge in [-0.15, -0.1) is 17.9 Å². The molecule has 0 bridgehead atoms. The van der Waals surface area contributed by atoms with Gasteiger partial charge in [0.15, 0.2) is 0 Å². The Kier molecular flexibility index (Phi) is 4.47. The molecule has 1 aromatic carbocycles. The lowest BCUT2D eigenvalue weighted by Crippen LogP contribution is -2.30. The standard InChI is InChI=1S/C15H14FNOS/c1-2-8-17(11-14-7-4-9-19-14)15(18)12-5-3-6-13(16)10-12/h2-7,9-10H,1,8,11H2. The van der Waals surface area contributed by atoms with Crippen LogP contribution in [0.2, 0.25) is 0 Å². The topological polar surface area (TPSA) is 20.3 Å². The fourth-order valence-electron chi connectivity index (χ4n) is 1.77. The molecule has 2 aromatic rings. The number of rotatable bonds is 5. The lowest BCUT2D eigenvalue weighted by molar-refractivity contribution is 0.0763. The molecule has 0 saturated carbocycles. The second-order valence-electron chi connectivity index (χ2n) is 4.06. The number of hydrogen-bond acceptors (Lipinski definition) is 2. The highest BCUT2D eigenvalue weighted by atomic mass is 32.1. The molecule has 0 aliphatic rings. The number of halogens is 1. The zero-order valence-electron chi connectivity index (χ0n) is 10.4. The van der Waals surface area contributed by atoms with E-state index in [9.17, 15) is 9.18 Å². The minimum absolute atomic E-state index is 0.187. The number of carbonyl (C=O) groups is 1. The third-order valence-corrected chi connectivity index (χ3v) is 3.50. The molecule has 0 aliphatic heterocycles. The van der Waals surface area contributed by atoms with Crippen molar-refractivity contribution in [2.45, 2.75) is 6.54 Å². The molecule has 0 aliphatic carbocycles. The molecule has 1 heterocycles. The Labute approximate surface area is 115 Å². The van der Waals surface area contributed by atoms with Crippen LogP contribution in [0.15, 0.2) is 54.4 Å². The van der Waals surface area contributed by atoms with E-state index >= 15 is 0 Å². The fourth-order valence-corrected chi connectivity index (χ4v) is 2.49. The summed E-state index contributed by atoms with van der Waals surface area (Å²) in [6, 6.07) is 9.66. The van der Waals surface area contributed by atoms with E-state index in [1.54, 1.807) is 34.4 Å². The van der Waals surface area contributed by atoms with E-state index in [1.165, 1.54) is 12.1 Å². The lowest BCUT2D eigenvalue weighted by atomic mass is 10.2. The van der Waals surface area contributed by atoms with Gasteiger partial charge in [-0.2, -0.15) is 0 Å². The Balaban J connectivity index is 2.18. The van der Waals surface area contributed by atoms with E-state index in [2.05, 4.69) is 6.58 Å². The SMILES string of the molecule is C=CCN(Cc1cccs1)C(=O)c1cccc(F)c1. The summed E-state index contributed by atoms with van der Waals surface area (Å²) in [6.45, 7) is 4.61. The summed E-state index contributed by atoms with van der Waals surface area (Å²) in [6.07, 6.45) is 1.67. The molecule has 1 aromatic heterocycles. The van der Waals surface area contributed by atoms with Crippen molar-refractivity contribution in [1.29, 1.82) is 0 Å². The molecule has 4 heteroatoms. The Morgan fingerprint density at radius 3 is 2.84 bits per heavy atom. The summed E-state index contributed by atoms with van der Waals surface area (Å²) < 4.78 is 13.2. The number of amides is 1. The Morgan fingerprint density at radius 1 is 1.37 bits per heavy atom. The molecule has 98 valence electrons. The van der Waals surface area contributed by atoms with E-state index in [0.29, 0.717) is 18.7 Å². The molecule has 0 radical (unpaired) electrons. The van der Waals surface area contributed by atoms with Gasteiger partial charge < -0.3 is 4.90 Å². The second kappa shape index (κ2) is 6.29. The fraction of sp³-hybridized carbons (Fsp3) is 0.133. The van der Waals surface area contributed by atoms with Crippen molar-refractivity contribution in [2.75, 3.05) is 6.54 Å². The van der Waals surface area contributed by atoms with Crippen molar-refractivity contribution in [2.24, 2.45) is 0 Å². The second-order valence-corrected chi connectivity index (χ2v) is 5.10. The predicted octanol–water partition coefficient (Wildman–Crippen LogP) is 3.72. The maximum Gasteiger partial charge on any atom is 0.254 e. The van der Waals surface area contributed by atoms with Crippen LogP contribution in [0.4, 0.5) is 4.39 Å². The van der Waals surface area contributed by atoms with E-state index in [0.717, 1.165) is 4.88 Å². The van der Waals surface area contributed by atoms with Gasteiger partial charge in [0, 0.05) is 17.0 Å². The van der Waals surface area contributed by atoms with Gasteiger partial charge in [-0.05, 0) is 29.6 Å². The van der Waals surface area contributed by atoms with Crippen LogP contribution in [0.5, 0.6) is 0 Å². The van der Waals surface area contributed by atoms with Crippen molar-refractivity contribution < 1.29 is 9.18 Å². The normalized spacial score (nSPS) is 10.2. The van der Waals surface area contributed by atoms with Gasteiger partial charge in [-0.25, -0.2) is 4.39 Å². The van der Waals surface area contributed by atoms with Crippen LogP contribution in [0.25, 0.3) is 0 Å². The zero-order chi connectivity index (χ0) is 13.7. The molecule has 2 rings (SSSR count). The van der Waals surface area contributed by atoms with Crippen LogP contribution >= 0.6 is 11.3 Å². The molecular formula is C15H14FNOS. The van der Waals surface area contributed by atoms with E-state index in [-0.39, 0.29) is 5.91 Å². The molecule has 0 saturated heterocycles. The maximum atomic E-state index is 13.2. The molecule has 0 N–H and O–H groups in total. The monoisotopic (exact) mass is 275 g/mol. The van der Waals surface area contributed by atoms with Gasteiger partial charge >= 0.3 is 0 Å². The van der Waals surface area contributed by atoms with Crippen molar-refractivity contribution in [3.8, 4) is 0 Å². The van der Waals surface area contributed by atoms with Crippen molar-refractivity contribution >= 4 is 17.2 Å². The minimum Gasteiger partial charge on any atom is -0.330 e. The van der Waals surface area contributed by atoms with E-state index in [1.807, 2.05) is 17.5 Å². The zero-order valence-corrected chi connectivity index (χ0v) is 11.2. The summed E-state index contributed by atoms with van der Waals surface area (Å²) in [5, 5.41) is 1.97. The van der Waals surface area contributed by atoms with Gasteiger partial charge in [0.25, 0.3) is 5.91 Å². The quantitative estimate of drug-likeness (QED) is 0.762. The molecule has 19 heavy (non-hydrogen) atoms. The first-order valence-electron chi connectivity index (χ1n) is 5.89. The van der Waals surface area contributed by atoms with Crippen LogP contribution in [0.1, 0.15) is 15.2 Å². The van der Waals surface area contributed by atoms with Crippen LogP contribution in [0, 0.1) is 5.82 Å². The molecule has 0 spiro atoms.